The Morgan fingerprint density at radius 2 is 2.12 bits per heavy atom. The van der Waals surface area contributed by atoms with Crippen molar-refractivity contribution in [3.8, 4) is 0 Å². The number of rotatable bonds is 5. The minimum absolute atomic E-state index is 0.201. The zero-order valence-corrected chi connectivity index (χ0v) is 9.43. The molecule has 2 nitrogen and oxygen atoms in total. The van der Waals surface area contributed by atoms with Crippen LogP contribution in [0.1, 0.15) is 18.9 Å². The van der Waals surface area contributed by atoms with E-state index in [1.54, 1.807) is 12.2 Å². The second-order valence-corrected chi connectivity index (χ2v) is 3.36. The summed E-state index contributed by atoms with van der Waals surface area (Å²) in [6.45, 7) is 5.55. The van der Waals surface area contributed by atoms with Gasteiger partial charge in [-0.2, -0.15) is 0 Å². The minimum atomic E-state index is -0.337. The summed E-state index contributed by atoms with van der Waals surface area (Å²) in [6.07, 6.45) is 5.34. The van der Waals surface area contributed by atoms with Crippen LogP contribution in [0.4, 0.5) is 0 Å². The number of hydrogen-bond acceptors (Lipinski definition) is 2. The van der Waals surface area contributed by atoms with Gasteiger partial charge in [0.05, 0.1) is 0 Å². The van der Waals surface area contributed by atoms with Crippen LogP contribution in [0.3, 0.4) is 0 Å². The van der Waals surface area contributed by atoms with Crippen molar-refractivity contribution in [1.29, 1.82) is 0 Å². The number of carbonyl (C=O) groups is 1. The minimum Gasteiger partial charge on any atom is -0.455 e. The lowest BCUT2D eigenvalue weighted by atomic mass is 10.2. The molecule has 2 heteroatoms. The molecule has 0 aliphatic heterocycles. The fourth-order valence-corrected chi connectivity index (χ4v) is 1.22. The molecular formula is C14H16O2. The first-order valence-corrected chi connectivity index (χ1v) is 5.32. The third-order valence-electron chi connectivity index (χ3n) is 2.14. The summed E-state index contributed by atoms with van der Waals surface area (Å²) in [5.74, 6) is -0.337. The van der Waals surface area contributed by atoms with Crippen molar-refractivity contribution in [3.05, 3.63) is 54.6 Å². The zero-order valence-electron chi connectivity index (χ0n) is 9.43. The average Bonchev–Trinajstić information content (AvgIpc) is 2.34. The van der Waals surface area contributed by atoms with Gasteiger partial charge in [-0.15, -0.1) is 0 Å². The van der Waals surface area contributed by atoms with Gasteiger partial charge in [0, 0.05) is 6.08 Å². The molecule has 0 aliphatic carbocycles. The summed E-state index contributed by atoms with van der Waals surface area (Å²) in [4.78, 5) is 11.4. The first kappa shape index (κ1) is 12.2. The topological polar surface area (TPSA) is 26.3 Å². The van der Waals surface area contributed by atoms with Crippen LogP contribution < -0.4 is 0 Å². The average molecular weight is 216 g/mol. The molecule has 0 amide bonds. The lowest BCUT2D eigenvalue weighted by Gasteiger charge is -2.09. The Morgan fingerprint density at radius 1 is 1.44 bits per heavy atom. The van der Waals surface area contributed by atoms with Crippen LogP contribution in [0.5, 0.6) is 0 Å². The van der Waals surface area contributed by atoms with Gasteiger partial charge in [-0.25, -0.2) is 4.79 Å². The van der Waals surface area contributed by atoms with Gasteiger partial charge in [-0.3, -0.25) is 0 Å². The SMILES string of the molecule is C=CC(CC)OC(=O)/C=C/c1ccccc1. The van der Waals surface area contributed by atoms with Crippen molar-refractivity contribution in [3.63, 3.8) is 0 Å². The molecule has 1 unspecified atom stereocenters. The highest BCUT2D eigenvalue weighted by molar-refractivity contribution is 5.87. The number of esters is 1. The number of hydrogen-bond donors (Lipinski definition) is 0. The Balaban J connectivity index is 2.51. The number of carbonyl (C=O) groups excluding carboxylic acids is 1. The Kier molecular flexibility index (Phi) is 5.06. The molecule has 0 radical (unpaired) electrons. The van der Waals surface area contributed by atoms with Crippen LogP contribution in [-0.4, -0.2) is 12.1 Å². The molecule has 1 atom stereocenters. The smallest absolute Gasteiger partial charge is 0.331 e. The molecule has 1 rings (SSSR count). The largest absolute Gasteiger partial charge is 0.455 e. The maximum Gasteiger partial charge on any atom is 0.331 e. The fourth-order valence-electron chi connectivity index (χ4n) is 1.22. The zero-order chi connectivity index (χ0) is 11.8. The molecule has 0 saturated heterocycles. The van der Waals surface area contributed by atoms with E-state index in [9.17, 15) is 4.79 Å². The molecule has 0 aliphatic rings. The maximum atomic E-state index is 11.4. The van der Waals surface area contributed by atoms with Crippen molar-refractivity contribution < 1.29 is 9.53 Å². The quantitative estimate of drug-likeness (QED) is 0.429. The second-order valence-electron chi connectivity index (χ2n) is 3.36. The van der Waals surface area contributed by atoms with Crippen molar-refractivity contribution in [2.45, 2.75) is 19.4 Å². The van der Waals surface area contributed by atoms with Crippen LogP contribution >= 0.6 is 0 Å². The Morgan fingerprint density at radius 3 is 2.69 bits per heavy atom. The van der Waals surface area contributed by atoms with Gasteiger partial charge < -0.3 is 4.74 Å². The van der Waals surface area contributed by atoms with E-state index in [2.05, 4.69) is 6.58 Å². The normalized spacial score (nSPS) is 12.3. The van der Waals surface area contributed by atoms with E-state index in [-0.39, 0.29) is 12.1 Å². The van der Waals surface area contributed by atoms with Gasteiger partial charge in [0.1, 0.15) is 6.10 Å². The molecule has 0 bridgehead atoms. The molecule has 16 heavy (non-hydrogen) atoms. The molecular weight excluding hydrogens is 200 g/mol. The van der Waals surface area contributed by atoms with E-state index in [1.807, 2.05) is 37.3 Å². The maximum absolute atomic E-state index is 11.4. The summed E-state index contributed by atoms with van der Waals surface area (Å²) in [7, 11) is 0. The van der Waals surface area contributed by atoms with Gasteiger partial charge in [0.15, 0.2) is 0 Å². The fraction of sp³-hybridized carbons (Fsp3) is 0.214. The van der Waals surface area contributed by atoms with Gasteiger partial charge in [0.25, 0.3) is 0 Å². The van der Waals surface area contributed by atoms with E-state index in [0.29, 0.717) is 0 Å². The standard InChI is InChI=1S/C14H16O2/c1-3-13(4-2)16-14(15)11-10-12-8-6-5-7-9-12/h3,5-11,13H,1,4H2,2H3/b11-10+. The molecule has 0 fully saturated rings. The third-order valence-corrected chi connectivity index (χ3v) is 2.14. The van der Waals surface area contributed by atoms with E-state index in [1.165, 1.54) is 6.08 Å². The van der Waals surface area contributed by atoms with Gasteiger partial charge in [-0.1, -0.05) is 49.9 Å². The highest BCUT2D eigenvalue weighted by atomic mass is 16.5. The Bertz CT molecular complexity index is 366. The highest BCUT2D eigenvalue weighted by Crippen LogP contribution is 2.03. The Hall–Kier alpha value is -1.83. The van der Waals surface area contributed by atoms with Crippen LogP contribution in [0.25, 0.3) is 6.08 Å². The van der Waals surface area contributed by atoms with Crippen molar-refractivity contribution in [2.24, 2.45) is 0 Å². The predicted molar refractivity (Wildman–Crippen MR) is 65.8 cm³/mol. The van der Waals surface area contributed by atoms with Crippen LogP contribution in [0, 0.1) is 0 Å². The number of benzene rings is 1. The molecule has 0 spiro atoms. The van der Waals surface area contributed by atoms with E-state index < -0.39 is 0 Å². The third kappa shape index (κ3) is 4.13. The lowest BCUT2D eigenvalue weighted by molar-refractivity contribution is -0.140. The molecule has 84 valence electrons. The summed E-state index contributed by atoms with van der Waals surface area (Å²) in [5.41, 5.74) is 0.978. The first-order chi connectivity index (χ1) is 7.76. The van der Waals surface area contributed by atoms with E-state index in [0.717, 1.165) is 12.0 Å². The highest BCUT2D eigenvalue weighted by Gasteiger charge is 2.04. The monoisotopic (exact) mass is 216 g/mol. The molecule has 0 aromatic heterocycles. The predicted octanol–water partition coefficient (Wildman–Crippen LogP) is 3.21. The molecule has 0 N–H and O–H groups in total. The van der Waals surface area contributed by atoms with Crippen LogP contribution in [0.2, 0.25) is 0 Å². The van der Waals surface area contributed by atoms with Gasteiger partial charge in [-0.05, 0) is 18.1 Å². The van der Waals surface area contributed by atoms with E-state index >= 15 is 0 Å². The molecule has 1 aromatic rings. The first-order valence-electron chi connectivity index (χ1n) is 5.32. The molecule has 0 saturated carbocycles. The lowest BCUT2D eigenvalue weighted by Crippen LogP contribution is -2.12. The number of ether oxygens (including phenoxy) is 1. The Labute approximate surface area is 96.2 Å². The summed E-state index contributed by atoms with van der Waals surface area (Å²) >= 11 is 0. The summed E-state index contributed by atoms with van der Waals surface area (Å²) in [5, 5.41) is 0. The van der Waals surface area contributed by atoms with Gasteiger partial charge >= 0.3 is 5.97 Å². The van der Waals surface area contributed by atoms with E-state index in [4.69, 9.17) is 4.74 Å². The molecule has 1 aromatic carbocycles. The summed E-state index contributed by atoms with van der Waals surface area (Å²) < 4.78 is 5.13. The summed E-state index contributed by atoms with van der Waals surface area (Å²) in [6, 6.07) is 9.62. The van der Waals surface area contributed by atoms with Crippen LogP contribution in [0.15, 0.2) is 49.1 Å². The van der Waals surface area contributed by atoms with Gasteiger partial charge in [0.2, 0.25) is 0 Å². The van der Waals surface area contributed by atoms with Crippen molar-refractivity contribution in [2.75, 3.05) is 0 Å². The van der Waals surface area contributed by atoms with Crippen LogP contribution in [-0.2, 0) is 9.53 Å². The van der Waals surface area contributed by atoms with Crippen molar-refractivity contribution >= 4 is 12.0 Å². The second kappa shape index (κ2) is 6.62. The molecule has 0 heterocycles. The van der Waals surface area contributed by atoms with Crippen molar-refractivity contribution in [1.82, 2.24) is 0 Å².